The smallest absolute Gasteiger partial charge is 0.257 e. The molecule has 0 spiro atoms. The molecular weight excluding hydrogens is 428 g/mol. The summed E-state index contributed by atoms with van der Waals surface area (Å²) >= 11 is 0. The lowest BCUT2D eigenvalue weighted by Gasteiger charge is -2.36. The Hall–Kier alpha value is -3.91. The van der Waals surface area contributed by atoms with Crippen LogP contribution in [0.15, 0.2) is 71.5 Å². The molecule has 1 fully saturated rings. The highest BCUT2D eigenvalue weighted by Gasteiger charge is 2.28. The summed E-state index contributed by atoms with van der Waals surface area (Å²) in [5.74, 6) is 1.74. The van der Waals surface area contributed by atoms with E-state index in [0.29, 0.717) is 36.2 Å². The molecule has 2 aromatic carbocycles. The van der Waals surface area contributed by atoms with E-state index in [-0.39, 0.29) is 11.9 Å². The maximum absolute atomic E-state index is 13.0. The third-order valence-electron chi connectivity index (χ3n) is 6.19. The third-order valence-corrected chi connectivity index (χ3v) is 6.19. The number of aryl methyl sites for hydroxylation is 1. The molecule has 3 heterocycles. The van der Waals surface area contributed by atoms with Crippen molar-refractivity contribution in [2.45, 2.75) is 19.9 Å². The molecule has 4 aromatic rings. The summed E-state index contributed by atoms with van der Waals surface area (Å²) in [5.41, 5.74) is 3.55. The molecule has 1 aliphatic rings. The Balaban J connectivity index is 1.19. The number of aromatic nitrogens is 4. The van der Waals surface area contributed by atoms with Gasteiger partial charge in [0.1, 0.15) is 0 Å². The lowest BCUT2D eigenvalue weighted by molar-refractivity contribution is 0.0551. The summed E-state index contributed by atoms with van der Waals surface area (Å²) < 4.78 is 5.56. The van der Waals surface area contributed by atoms with E-state index in [9.17, 15) is 4.79 Å². The summed E-state index contributed by atoms with van der Waals surface area (Å²) in [6.45, 7) is 6.77. The molecule has 1 saturated heterocycles. The highest BCUT2D eigenvalue weighted by Crippen LogP contribution is 2.24. The Morgan fingerprint density at radius 1 is 0.882 bits per heavy atom. The topological polar surface area (TPSA) is 88.3 Å². The van der Waals surface area contributed by atoms with Crippen LogP contribution >= 0.6 is 0 Å². The molecule has 0 radical (unpaired) electrons. The molecule has 1 unspecified atom stereocenters. The first-order chi connectivity index (χ1) is 16.6. The average molecular weight is 455 g/mol. The van der Waals surface area contributed by atoms with Crippen molar-refractivity contribution in [3.05, 3.63) is 84.0 Å². The van der Waals surface area contributed by atoms with Crippen molar-refractivity contribution in [3.8, 4) is 22.8 Å². The number of hydrogen-bond acceptors (Lipinski definition) is 7. The normalized spacial score (nSPS) is 15.3. The van der Waals surface area contributed by atoms with Gasteiger partial charge in [0.25, 0.3) is 5.91 Å². The minimum atomic E-state index is -0.0497. The molecular formula is C26H26N6O2. The molecule has 8 nitrogen and oxygen atoms in total. The van der Waals surface area contributed by atoms with E-state index in [1.807, 2.05) is 66.4 Å². The van der Waals surface area contributed by atoms with E-state index in [1.165, 1.54) is 5.56 Å². The molecule has 34 heavy (non-hydrogen) atoms. The van der Waals surface area contributed by atoms with Gasteiger partial charge in [-0.2, -0.15) is 4.98 Å². The maximum atomic E-state index is 13.0. The van der Waals surface area contributed by atoms with Crippen molar-refractivity contribution in [3.63, 3.8) is 0 Å². The molecule has 1 amide bonds. The maximum Gasteiger partial charge on any atom is 0.257 e. The summed E-state index contributed by atoms with van der Waals surface area (Å²) in [4.78, 5) is 30.4. The van der Waals surface area contributed by atoms with Crippen molar-refractivity contribution >= 4 is 5.91 Å². The van der Waals surface area contributed by atoms with Gasteiger partial charge in [0.15, 0.2) is 5.82 Å². The third kappa shape index (κ3) is 4.58. The summed E-state index contributed by atoms with van der Waals surface area (Å²) in [5, 5.41) is 4.15. The first-order valence-corrected chi connectivity index (χ1v) is 11.4. The van der Waals surface area contributed by atoms with Crippen molar-refractivity contribution in [1.82, 2.24) is 29.9 Å². The molecule has 1 atom stereocenters. The first kappa shape index (κ1) is 21.9. The zero-order valence-corrected chi connectivity index (χ0v) is 19.3. The van der Waals surface area contributed by atoms with Gasteiger partial charge in [0, 0.05) is 49.7 Å². The number of nitrogens with zero attached hydrogens (tertiary/aromatic N) is 6. The van der Waals surface area contributed by atoms with Crippen LogP contribution in [0.1, 0.15) is 34.8 Å². The van der Waals surface area contributed by atoms with Crippen molar-refractivity contribution in [1.29, 1.82) is 0 Å². The predicted octanol–water partition coefficient (Wildman–Crippen LogP) is 4.02. The summed E-state index contributed by atoms with van der Waals surface area (Å²) in [6, 6.07) is 17.8. The van der Waals surface area contributed by atoms with Crippen LogP contribution in [-0.4, -0.2) is 62.0 Å². The first-order valence-electron chi connectivity index (χ1n) is 11.4. The minimum absolute atomic E-state index is 0.0301. The fraction of sp³-hybridized carbons (Fsp3) is 0.269. The Kier molecular flexibility index (Phi) is 6.14. The van der Waals surface area contributed by atoms with Gasteiger partial charge < -0.3 is 9.42 Å². The quantitative estimate of drug-likeness (QED) is 0.450. The molecule has 0 bridgehead atoms. The second-order valence-corrected chi connectivity index (χ2v) is 8.49. The van der Waals surface area contributed by atoms with Crippen LogP contribution in [0, 0.1) is 6.92 Å². The number of carbonyl (C=O) groups excluding carboxylic acids is 1. The number of piperazine rings is 1. The highest BCUT2D eigenvalue weighted by atomic mass is 16.5. The minimum Gasteiger partial charge on any atom is -0.337 e. The molecule has 172 valence electrons. The second kappa shape index (κ2) is 9.52. The number of rotatable bonds is 5. The zero-order valence-electron chi connectivity index (χ0n) is 19.3. The van der Waals surface area contributed by atoms with Crippen LogP contribution < -0.4 is 0 Å². The van der Waals surface area contributed by atoms with Gasteiger partial charge >= 0.3 is 0 Å². The van der Waals surface area contributed by atoms with Crippen LogP contribution in [0.2, 0.25) is 0 Å². The van der Waals surface area contributed by atoms with Gasteiger partial charge in [0.2, 0.25) is 11.7 Å². The summed E-state index contributed by atoms with van der Waals surface area (Å²) in [7, 11) is 0. The Bertz CT molecular complexity index is 1250. The van der Waals surface area contributed by atoms with Gasteiger partial charge in [-0.15, -0.1) is 0 Å². The zero-order chi connectivity index (χ0) is 23.5. The van der Waals surface area contributed by atoms with Gasteiger partial charge in [0.05, 0.1) is 11.6 Å². The molecule has 2 aromatic heterocycles. The van der Waals surface area contributed by atoms with Gasteiger partial charge in [-0.25, -0.2) is 9.97 Å². The standard InChI is InChI=1S/C26H26N6O2/c1-18-8-10-21(11-9-18)24-29-25(34-30-24)19(2)31-12-14-32(15-13-31)26(33)22-16-27-23(28-17-22)20-6-4-3-5-7-20/h3-11,16-17,19H,12-15H2,1-2H3. The fourth-order valence-electron chi connectivity index (χ4n) is 4.05. The molecule has 1 aliphatic heterocycles. The Morgan fingerprint density at radius 3 is 2.21 bits per heavy atom. The van der Waals surface area contributed by atoms with Crippen molar-refractivity contribution < 1.29 is 9.32 Å². The number of benzene rings is 2. The van der Waals surface area contributed by atoms with Crippen LogP contribution in [0.4, 0.5) is 0 Å². The number of amides is 1. The lowest BCUT2D eigenvalue weighted by atomic mass is 10.1. The van der Waals surface area contributed by atoms with Crippen LogP contribution in [0.25, 0.3) is 22.8 Å². The van der Waals surface area contributed by atoms with E-state index in [1.54, 1.807) is 12.4 Å². The second-order valence-electron chi connectivity index (χ2n) is 8.49. The lowest BCUT2D eigenvalue weighted by Crippen LogP contribution is -2.49. The van der Waals surface area contributed by atoms with E-state index < -0.39 is 0 Å². The largest absolute Gasteiger partial charge is 0.337 e. The van der Waals surface area contributed by atoms with E-state index in [2.05, 4.69) is 31.9 Å². The molecule has 8 heteroatoms. The van der Waals surface area contributed by atoms with Gasteiger partial charge in [-0.3, -0.25) is 9.69 Å². The van der Waals surface area contributed by atoms with Gasteiger partial charge in [-0.1, -0.05) is 65.3 Å². The van der Waals surface area contributed by atoms with Crippen LogP contribution in [0.5, 0.6) is 0 Å². The molecule has 0 saturated carbocycles. The number of hydrogen-bond donors (Lipinski definition) is 0. The monoisotopic (exact) mass is 454 g/mol. The Labute approximate surface area is 198 Å². The molecule has 0 aliphatic carbocycles. The van der Waals surface area contributed by atoms with Crippen LogP contribution in [-0.2, 0) is 0 Å². The predicted molar refractivity (Wildman–Crippen MR) is 128 cm³/mol. The van der Waals surface area contributed by atoms with Crippen molar-refractivity contribution in [2.24, 2.45) is 0 Å². The Morgan fingerprint density at radius 2 is 1.53 bits per heavy atom. The number of carbonyl (C=O) groups is 1. The fourth-order valence-corrected chi connectivity index (χ4v) is 4.05. The molecule has 5 rings (SSSR count). The highest BCUT2D eigenvalue weighted by molar-refractivity contribution is 5.93. The SMILES string of the molecule is Cc1ccc(-c2noc(C(C)N3CCN(C(=O)c4cnc(-c5ccccc5)nc4)CC3)n2)cc1. The van der Waals surface area contributed by atoms with Crippen molar-refractivity contribution in [2.75, 3.05) is 26.2 Å². The molecule has 0 N–H and O–H groups in total. The van der Waals surface area contributed by atoms with Crippen LogP contribution in [0.3, 0.4) is 0 Å². The average Bonchev–Trinajstić information content (AvgIpc) is 3.39. The summed E-state index contributed by atoms with van der Waals surface area (Å²) in [6.07, 6.45) is 3.22. The van der Waals surface area contributed by atoms with E-state index in [0.717, 1.165) is 24.2 Å². The van der Waals surface area contributed by atoms with Gasteiger partial charge in [-0.05, 0) is 13.8 Å². The van der Waals surface area contributed by atoms with E-state index in [4.69, 9.17) is 4.52 Å². The van der Waals surface area contributed by atoms with E-state index >= 15 is 0 Å².